The van der Waals surface area contributed by atoms with Gasteiger partial charge in [-0.2, -0.15) is 0 Å². The lowest BCUT2D eigenvalue weighted by atomic mass is 9.94. The Morgan fingerprint density at radius 3 is 2.50 bits per heavy atom. The average molecular weight is 301 g/mol. The van der Waals surface area contributed by atoms with Gasteiger partial charge in [0.25, 0.3) is 0 Å². The number of halogens is 1. The number of ether oxygens (including phenoxy) is 1. The third-order valence-corrected chi connectivity index (χ3v) is 3.81. The molecule has 0 saturated heterocycles. The standard InChI is InChI=1S/C18H20FNO2/c1-11(9-17(21)22-4)14-5-6-20-16(10-14)18-12(2)7-15(19)8-13(18)3/h5-8,10-11H,9H2,1-4H3. The molecule has 0 aliphatic rings. The number of benzene rings is 1. The Labute approximate surface area is 130 Å². The topological polar surface area (TPSA) is 39.2 Å². The molecule has 3 nitrogen and oxygen atoms in total. The average Bonchev–Trinajstić information content (AvgIpc) is 2.46. The van der Waals surface area contributed by atoms with Gasteiger partial charge in [0, 0.05) is 11.8 Å². The van der Waals surface area contributed by atoms with Crippen molar-refractivity contribution in [3.8, 4) is 11.3 Å². The molecule has 4 heteroatoms. The highest BCUT2D eigenvalue weighted by Crippen LogP contribution is 2.29. The van der Waals surface area contributed by atoms with E-state index < -0.39 is 0 Å². The number of carbonyl (C=O) groups is 1. The Morgan fingerprint density at radius 2 is 1.91 bits per heavy atom. The Bertz CT molecular complexity index is 674. The van der Waals surface area contributed by atoms with E-state index in [1.165, 1.54) is 19.2 Å². The second kappa shape index (κ2) is 6.69. The van der Waals surface area contributed by atoms with Gasteiger partial charge in [-0.05, 0) is 60.7 Å². The smallest absolute Gasteiger partial charge is 0.306 e. The van der Waals surface area contributed by atoms with E-state index in [0.29, 0.717) is 6.42 Å². The van der Waals surface area contributed by atoms with E-state index >= 15 is 0 Å². The highest BCUT2D eigenvalue weighted by Gasteiger charge is 2.14. The molecule has 0 N–H and O–H groups in total. The van der Waals surface area contributed by atoms with E-state index in [2.05, 4.69) is 4.98 Å². The molecule has 0 bridgehead atoms. The first-order chi connectivity index (χ1) is 10.4. The summed E-state index contributed by atoms with van der Waals surface area (Å²) in [6.45, 7) is 5.72. The maximum absolute atomic E-state index is 13.4. The van der Waals surface area contributed by atoms with Crippen molar-refractivity contribution in [2.75, 3.05) is 7.11 Å². The van der Waals surface area contributed by atoms with Crippen molar-refractivity contribution in [3.05, 3.63) is 53.0 Å². The number of esters is 1. The quantitative estimate of drug-likeness (QED) is 0.796. The predicted octanol–water partition coefficient (Wildman–Crippen LogP) is 4.17. The second-order valence-corrected chi connectivity index (χ2v) is 5.57. The molecular formula is C18H20FNO2. The van der Waals surface area contributed by atoms with Crippen molar-refractivity contribution in [1.82, 2.24) is 4.98 Å². The lowest BCUT2D eigenvalue weighted by Gasteiger charge is -2.14. The fourth-order valence-electron chi connectivity index (χ4n) is 2.66. The Morgan fingerprint density at radius 1 is 1.27 bits per heavy atom. The van der Waals surface area contributed by atoms with Gasteiger partial charge in [0.1, 0.15) is 5.82 Å². The van der Waals surface area contributed by atoms with Gasteiger partial charge in [-0.15, -0.1) is 0 Å². The molecule has 0 radical (unpaired) electrons. The molecule has 1 atom stereocenters. The summed E-state index contributed by atoms with van der Waals surface area (Å²) in [6.07, 6.45) is 2.04. The molecule has 22 heavy (non-hydrogen) atoms. The van der Waals surface area contributed by atoms with Crippen LogP contribution in [0, 0.1) is 19.7 Å². The molecule has 1 aromatic carbocycles. The fraction of sp³-hybridized carbons (Fsp3) is 0.333. The molecule has 0 spiro atoms. The minimum absolute atomic E-state index is 0.0373. The van der Waals surface area contributed by atoms with E-state index in [1.807, 2.05) is 32.9 Å². The van der Waals surface area contributed by atoms with Crippen molar-refractivity contribution in [1.29, 1.82) is 0 Å². The third kappa shape index (κ3) is 3.50. The van der Waals surface area contributed by atoms with Crippen LogP contribution in [0.4, 0.5) is 4.39 Å². The SMILES string of the molecule is COC(=O)CC(C)c1ccnc(-c2c(C)cc(F)cc2C)c1. The summed E-state index contributed by atoms with van der Waals surface area (Å²) >= 11 is 0. The van der Waals surface area contributed by atoms with Crippen LogP contribution in [0.5, 0.6) is 0 Å². The summed E-state index contributed by atoms with van der Waals surface area (Å²) in [6, 6.07) is 6.87. The molecule has 0 saturated carbocycles. The van der Waals surface area contributed by atoms with Crippen LogP contribution in [0.3, 0.4) is 0 Å². The van der Waals surface area contributed by atoms with Crippen molar-refractivity contribution in [3.63, 3.8) is 0 Å². The first-order valence-corrected chi connectivity index (χ1v) is 7.22. The largest absolute Gasteiger partial charge is 0.469 e. The Kier molecular flexibility index (Phi) is 4.91. The van der Waals surface area contributed by atoms with Crippen LogP contribution in [-0.4, -0.2) is 18.1 Å². The van der Waals surface area contributed by atoms with Crippen molar-refractivity contribution < 1.29 is 13.9 Å². The number of hydrogen-bond donors (Lipinski definition) is 0. The molecule has 0 aliphatic heterocycles. The molecule has 2 rings (SSSR count). The number of carbonyl (C=O) groups excluding carboxylic acids is 1. The lowest BCUT2D eigenvalue weighted by molar-refractivity contribution is -0.140. The fourth-order valence-corrected chi connectivity index (χ4v) is 2.66. The summed E-state index contributed by atoms with van der Waals surface area (Å²) in [5.74, 6) is -0.441. The number of aromatic nitrogens is 1. The second-order valence-electron chi connectivity index (χ2n) is 5.57. The maximum atomic E-state index is 13.4. The van der Waals surface area contributed by atoms with E-state index in [1.54, 1.807) is 6.20 Å². The van der Waals surface area contributed by atoms with Crippen LogP contribution in [-0.2, 0) is 9.53 Å². The number of hydrogen-bond acceptors (Lipinski definition) is 3. The normalized spacial score (nSPS) is 12.0. The Hall–Kier alpha value is -2.23. The molecule has 0 fully saturated rings. The van der Waals surface area contributed by atoms with E-state index in [0.717, 1.165) is 27.9 Å². The zero-order valence-electron chi connectivity index (χ0n) is 13.3. The van der Waals surface area contributed by atoms with Crippen LogP contribution in [0.1, 0.15) is 36.0 Å². The third-order valence-electron chi connectivity index (χ3n) is 3.81. The molecule has 0 aliphatic carbocycles. The summed E-state index contributed by atoms with van der Waals surface area (Å²) in [4.78, 5) is 15.8. The van der Waals surface area contributed by atoms with Gasteiger partial charge in [0.2, 0.25) is 0 Å². The first-order valence-electron chi connectivity index (χ1n) is 7.22. The monoisotopic (exact) mass is 301 g/mol. The van der Waals surface area contributed by atoms with Crippen LogP contribution in [0.2, 0.25) is 0 Å². The van der Waals surface area contributed by atoms with E-state index in [4.69, 9.17) is 4.74 Å². The minimum atomic E-state index is -0.242. The molecule has 1 aromatic heterocycles. The molecule has 0 amide bonds. The molecule has 1 unspecified atom stereocenters. The zero-order valence-corrected chi connectivity index (χ0v) is 13.3. The zero-order chi connectivity index (χ0) is 16.3. The van der Waals surface area contributed by atoms with E-state index in [9.17, 15) is 9.18 Å². The van der Waals surface area contributed by atoms with Crippen molar-refractivity contribution in [2.24, 2.45) is 0 Å². The van der Waals surface area contributed by atoms with Gasteiger partial charge < -0.3 is 4.74 Å². The summed E-state index contributed by atoms with van der Waals surface area (Å²) < 4.78 is 18.2. The van der Waals surface area contributed by atoms with Gasteiger partial charge in [-0.1, -0.05) is 6.92 Å². The van der Waals surface area contributed by atoms with E-state index in [-0.39, 0.29) is 17.7 Å². The summed E-state index contributed by atoms with van der Waals surface area (Å²) in [5.41, 5.74) is 4.45. The first kappa shape index (κ1) is 16.1. The molecule has 1 heterocycles. The van der Waals surface area contributed by atoms with Crippen LogP contribution < -0.4 is 0 Å². The summed E-state index contributed by atoms with van der Waals surface area (Å²) in [5, 5.41) is 0. The van der Waals surface area contributed by atoms with Gasteiger partial charge >= 0.3 is 5.97 Å². The van der Waals surface area contributed by atoms with Gasteiger partial charge in [-0.25, -0.2) is 4.39 Å². The number of rotatable bonds is 4. The number of nitrogens with zero attached hydrogens (tertiary/aromatic N) is 1. The molecular weight excluding hydrogens is 281 g/mol. The van der Waals surface area contributed by atoms with Gasteiger partial charge in [0.05, 0.1) is 19.2 Å². The molecule has 2 aromatic rings. The minimum Gasteiger partial charge on any atom is -0.469 e. The van der Waals surface area contributed by atoms with Crippen LogP contribution in [0.25, 0.3) is 11.3 Å². The van der Waals surface area contributed by atoms with Crippen molar-refractivity contribution >= 4 is 5.97 Å². The summed E-state index contributed by atoms with van der Waals surface area (Å²) in [7, 11) is 1.39. The van der Waals surface area contributed by atoms with Gasteiger partial charge in [-0.3, -0.25) is 9.78 Å². The molecule has 116 valence electrons. The number of pyridine rings is 1. The maximum Gasteiger partial charge on any atom is 0.306 e. The number of methoxy groups -OCH3 is 1. The highest BCUT2D eigenvalue weighted by molar-refractivity contribution is 5.71. The lowest BCUT2D eigenvalue weighted by Crippen LogP contribution is -2.06. The van der Waals surface area contributed by atoms with Crippen molar-refractivity contribution in [2.45, 2.75) is 33.1 Å². The van der Waals surface area contributed by atoms with Gasteiger partial charge in [0.15, 0.2) is 0 Å². The highest BCUT2D eigenvalue weighted by atomic mass is 19.1. The number of aryl methyl sites for hydroxylation is 2. The predicted molar refractivity (Wildman–Crippen MR) is 84.2 cm³/mol. The van der Waals surface area contributed by atoms with Crippen LogP contribution in [0.15, 0.2) is 30.5 Å². The Balaban J connectivity index is 2.39. The van der Waals surface area contributed by atoms with Crippen LogP contribution >= 0.6 is 0 Å².